The lowest BCUT2D eigenvalue weighted by Crippen LogP contribution is -2.38. The van der Waals surface area contributed by atoms with Crippen LogP contribution < -0.4 is 10.3 Å². The number of ether oxygens (including phenoxy) is 1. The van der Waals surface area contributed by atoms with E-state index < -0.39 is 12.7 Å². The maximum Gasteiger partial charge on any atom is 0.401 e. The first-order valence-corrected chi connectivity index (χ1v) is 11.1. The Labute approximate surface area is 194 Å². The number of fused-ring (bicyclic) bond motifs is 3. The quantitative estimate of drug-likeness (QED) is 0.422. The first-order valence-electron chi connectivity index (χ1n) is 11.1. The minimum atomic E-state index is -4.21. The van der Waals surface area contributed by atoms with Crippen LogP contribution in [0.2, 0.25) is 0 Å². The molecule has 5 rings (SSSR count). The molecule has 0 N–H and O–H groups in total. The molecular formula is C26H24F3N3O2. The molecule has 34 heavy (non-hydrogen) atoms. The molecule has 4 aromatic rings. The minimum absolute atomic E-state index is 0.222. The van der Waals surface area contributed by atoms with E-state index in [4.69, 9.17) is 4.74 Å². The van der Waals surface area contributed by atoms with Crippen LogP contribution in [0.1, 0.15) is 16.8 Å². The minimum Gasteiger partial charge on any atom is -0.489 e. The highest BCUT2D eigenvalue weighted by molar-refractivity contribution is 5.87. The van der Waals surface area contributed by atoms with Gasteiger partial charge in [-0.3, -0.25) is 14.3 Å². The van der Waals surface area contributed by atoms with Crippen molar-refractivity contribution in [2.75, 3.05) is 13.1 Å². The van der Waals surface area contributed by atoms with Gasteiger partial charge in [0.2, 0.25) is 0 Å². The molecule has 0 unspecified atom stereocenters. The Kier molecular flexibility index (Phi) is 5.69. The third-order valence-corrected chi connectivity index (χ3v) is 6.29. The van der Waals surface area contributed by atoms with Crippen molar-refractivity contribution in [2.45, 2.75) is 25.7 Å². The second-order valence-electron chi connectivity index (χ2n) is 8.61. The van der Waals surface area contributed by atoms with Crippen LogP contribution >= 0.6 is 0 Å². The molecule has 0 saturated carbocycles. The second-order valence-corrected chi connectivity index (χ2v) is 8.61. The smallest absolute Gasteiger partial charge is 0.401 e. The van der Waals surface area contributed by atoms with Crippen LogP contribution in [0, 0.1) is 0 Å². The van der Waals surface area contributed by atoms with Crippen LogP contribution in [0.25, 0.3) is 16.6 Å². The van der Waals surface area contributed by atoms with Crippen LogP contribution in [0.5, 0.6) is 5.75 Å². The molecule has 3 heterocycles. The van der Waals surface area contributed by atoms with Crippen LogP contribution in [0.4, 0.5) is 13.2 Å². The number of pyridine rings is 1. The molecule has 176 valence electrons. The third kappa shape index (κ3) is 4.46. The lowest BCUT2D eigenvalue weighted by Gasteiger charge is -2.28. The van der Waals surface area contributed by atoms with Crippen LogP contribution in [-0.2, 0) is 26.6 Å². The Hall–Kier alpha value is -3.52. The molecule has 0 spiro atoms. The zero-order chi connectivity index (χ0) is 23.9. The van der Waals surface area contributed by atoms with Crippen molar-refractivity contribution in [2.24, 2.45) is 7.05 Å². The summed E-state index contributed by atoms with van der Waals surface area (Å²) in [5.74, 6) is 0.491. The average molecular weight is 467 g/mol. The average Bonchev–Trinajstić information content (AvgIpc) is 3.08. The lowest BCUT2D eigenvalue weighted by atomic mass is 10.0. The molecule has 2 aromatic heterocycles. The molecule has 0 aliphatic carbocycles. The summed E-state index contributed by atoms with van der Waals surface area (Å²) in [5.41, 5.74) is 4.35. The van der Waals surface area contributed by atoms with Crippen molar-refractivity contribution in [1.29, 1.82) is 0 Å². The van der Waals surface area contributed by atoms with Crippen molar-refractivity contribution < 1.29 is 17.9 Å². The molecule has 0 bridgehead atoms. The molecule has 1 aliphatic rings. The van der Waals surface area contributed by atoms with Gasteiger partial charge in [-0.15, -0.1) is 0 Å². The predicted octanol–water partition coefficient (Wildman–Crippen LogP) is 4.83. The third-order valence-electron chi connectivity index (χ3n) is 6.29. The first-order chi connectivity index (χ1) is 16.3. The standard InChI is InChI=1S/C26H24F3N3O2/c1-30-23-10-11-31(17-26(27,28)29)15-22(23)21-8-7-19(13-24(21)30)32-12-9-20(14-25(32)33)34-16-18-5-3-2-4-6-18/h2-9,12-14H,10-11,15-17H2,1H3. The molecule has 0 saturated heterocycles. The van der Waals surface area contributed by atoms with Crippen LogP contribution in [-0.4, -0.2) is 33.3 Å². The van der Waals surface area contributed by atoms with Gasteiger partial charge in [-0.1, -0.05) is 36.4 Å². The molecule has 2 aromatic carbocycles. The van der Waals surface area contributed by atoms with E-state index in [9.17, 15) is 18.0 Å². The highest BCUT2D eigenvalue weighted by atomic mass is 19.4. The first kappa shape index (κ1) is 22.3. The summed E-state index contributed by atoms with van der Waals surface area (Å²) in [6.45, 7) is 0.0951. The van der Waals surface area contributed by atoms with Crippen molar-refractivity contribution in [3.05, 3.63) is 94.0 Å². The van der Waals surface area contributed by atoms with E-state index in [0.717, 1.165) is 27.7 Å². The number of rotatable bonds is 5. The highest BCUT2D eigenvalue weighted by Gasteiger charge is 2.33. The van der Waals surface area contributed by atoms with Gasteiger partial charge in [0.25, 0.3) is 5.56 Å². The highest BCUT2D eigenvalue weighted by Crippen LogP contribution is 2.32. The van der Waals surface area contributed by atoms with Gasteiger partial charge < -0.3 is 9.30 Å². The molecule has 1 aliphatic heterocycles. The summed E-state index contributed by atoms with van der Waals surface area (Å²) in [5, 5.41) is 0.920. The zero-order valence-electron chi connectivity index (χ0n) is 18.7. The van der Waals surface area contributed by atoms with Crippen molar-refractivity contribution in [3.63, 3.8) is 0 Å². The summed E-state index contributed by atoms with van der Waals surface area (Å²) >= 11 is 0. The number of aromatic nitrogens is 2. The van der Waals surface area contributed by atoms with E-state index in [1.165, 1.54) is 15.5 Å². The van der Waals surface area contributed by atoms with Crippen LogP contribution in [0.15, 0.2) is 71.7 Å². The molecule has 0 atom stereocenters. The Morgan fingerprint density at radius 2 is 1.82 bits per heavy atom. The SMILES string of the molecule is Cn1c2c(c3ccc(-n4ccc(OCc5ccccc5)cc4=O)cc31)CN(CC(F)(F)F)CC2. The second kappa shape index (κ2) is 8.68. The van der Waals surface area contributed by atoms with Crippen molar-refractivity contribution in [1.82, 2.24) is 14.0 Å². The van der Waals surface area contributed by atoms with Gasteiger partial charge in [0, 0.05) is 49.9 Å². The molecule has 0 amide bonds. The topological polar surface area (TPSA) is 39.4 Å². The molecule has 5 nitrogen and oxygen atoms in total. The summed E-state index contributed by atoms with van der Waals surface area (Å²) in [4.78, 5) is 14.2. The Morgan fingerprint density at radius 1 is 1.03 bits per heavy atom. The Morgan fingerprint density at radius 3 is 2.56 bits per heavy atom. The number of benzene rings is 2. The number of nitrogens with zero attached hydrogens (tertiary/aromatic N) is 3. The molecule has 0 fully saturated rings. The van der Waals surface area contributed by atoms with E-state index in [2.05, 4.69) is 0 Å². The summed E-state index contributed by atoms with van der Waals surface area (Å²) in [7, 11) is 1.92. The number of hydrogen-bond acceptors (Lipinski definition) is 3. The number of alkyl halides is 3. The van der Waals surface area contributed by atoms with Gasteiger partial charge in [-0.2, -0.15) is 13.2 Å². The molecular weight excluding hydrogens is 443 g/mol. The summed E-state index contributed by atoms with van der Waals surface area (Å²) in [6.07, 6.45) is -1.98. The Balaban J connectivity index is 1.41. The van der Waals surface area contributed by atoms with E-state index in [0.29, 0.717) is 31.0 Å². The van der Waals surface area contributed by atoms with Crippen molar-refractivity contribution >= 4 is 10.9 Å². The largest absolute Gasteiger partial charge is 0.489 e. The Bertz CT molecular complexity index is 1390. The predicted molar refractivity (Wildman–Crippen MR) is 124 cm³/mol. The molecule has 8 heteroatoms. The van der Waals surface area contributed by atoms with Crippen LogP contribution in [0.3, 0.4) is 0 Å². The fraction of sp³-hybridized carbons (Fsp3) is 0.269. The van der Waals surface area contributed by atoms with Gasteiger partial charge in [-0.25, -0.2) is 0 Å². The van der Waals surface area contributed by atoms with Crippen molar-refractivity contribution in [3.8, 4) is 11.4 Å². The fourth-order valence-electron chi connectivity index (χ4n) is 4.66. The van der Waals surface area contributed by atoms with Gasteiger partial charge in [0.15, 0.2) is 0 Å². The van der Waals surface area contributed by atoms with E-state index >= 15 is 0 Å². The van der Waals surface area contributed by atoms with E-state index in [-0.39, 0.29) is 12.1 Å². The maximum atomic E-state index is 12.9. The van der Waals surface area contributed by atoms with Gasteiger partial charge in [0.1, 0.15) is 12.4 Å². The maximum absolute atomic E-state index is 12.9. The molecule has 0 radical (unpaired) electrons. The van der Waals surface area contributed by atoms with Gasteiger partial charge >= 0.3 is 6.18 Å². The summed E-state index contributed by atoms with van der Waals surface area (Å²) in [6, 6.07) is 18.6. The zero-order valence-corrected chi connectivity index (χ0v) is 18.7. The number of halogens is 3. The van der Waals surface area contributed by atoms with Gasteiger partial charge in [-0.05, 0) is 29.3 Å². The summed E-state index contributed by atoms with van der Waals surface area (Å²) < 4.78 is 48.0. The van der Waals surface area contributed by atoms with Gasteiger partial charge in [0.05, 0.1) is 17.7 Å². The monoisotopic (exact) mass is 467 g/mol. The van der Waals surface area contributed by atoms with E-state index in [1.807, 2.05) is 60.1 Å². The normalized spacial score (nSPS) is 14.4. The van der Waals surface area contributed by atoms with E-state index in [1.54, 1.807) is 12.3 Å². The lowest BCUT2D eigenvalue weighted by molar-refractivity contribution is -0.147. The number of hydrogen-bond donors (Lipinski definition) is 0. The number of aryl methyl sites for hydroxylation is 1. The fourth-order valence-corrected chi connectivity index (χ4v) is 4.66.